The summed E-state index contributed by atoms with van der Waals surface area (Å²) in [5, 5.41) is 14.9. The zero-order valence-electron chi connectivity index (χ0n) is 14.1. The SMILES string of the molecule is CCCCOc1ccccc1C1C(C(C)=O)=C(C)Nc2nnnn21. The molecule has 0 spiro atoms. The normalized spacial score (nSPS) is 16.5. The van der Waals surface area contributed by atoms with E-state index in [-0.39, 0.29) is 5.78 Å². The molecule has 1 aromatic heterocycles. The summed E-state index contributed by atoms with van der Waals surface area (Å²) in [6.45, 7) is 6.18. The molecule has 0 amide bonds. The largest absolute Gasteiger partial charge is 0.493 e. The van der Waals surface area contributed by atoms with Crippen LogP contribution < -0.4 is 10.1 Å². The standard InChI is InChI=1S/C17H21N5O2/c1-4-5-10-24-14-9-7-6-8-13(14)16-15(12(3)23)11(2)18-17-19-20-21-22(16)17/h6-9,16H,4-5,10H2,1-3H3,(H,18,19,21). The molecule has 0 aliphatic carbocycles. The minimum Gasteiger partial charge on any atom is -0.493 e. The fourth-order valence-corrected chi connectivity index (χ4v) is 2.92. The molecule has 7 heteroatoms. The number of benzene rings is 1. The van der Waals surface area contributed by atoms with Gasteiger partial charge in [0, 0.05) is 16.8 Å². The van der Waals surface area contributed by atoms with E-state index in [0.717, 1.165) is 29.9 Å². The predicted molar refractivity (Wildman–Crippen MR) is 89.8 cm³/mol. The number of fused-ring (bicyclic) bond motifs is 1. The van der Waals surface area contributed by atoms with Crippen LogP contribution >= 0.6 is 0 Å². The third-order valence-electron chi connectivity index (χ3n) is 4.06. The molecule has 1 atom stereocenters. The van der Waals surface area contributed by atoms with Crippen LogP contribution in [0.5, 0.6) is 5.75 Å². The lowest BCUT2D eigenvalue weighted by Gasteiger charge is -2.28. The van der Waals surface area contributed by atoms with E-state index in [1.54, 1.807) is 11.6 Å². The average Bonchev–Trinajstić information content (AvgIpc) is 3.02. The Morgan fingerprint density at radius 3 is 2.92 bits per heavy atom. The minimum absolute atomic E-state index is 0.0190. The van der Waals surface area contributed by atoms with E-state index in [2.05, 4.69) is 27.8 Å². The van der Waals surface area contributed by atoms with Crippen LogP contribution in [0.25, 0.3) is 0 Å². The van der Waals surface area contributed by atoms with E-state index in [0.29, 0.717) is 18.1 Å². The van der Waals surface area contributed by atoms with Gasteiger partial charge < -0.3 is 10.1 Å². The van der Waals surface area contributed by atoms with Crippen molar-refractivity contribution < 1.29 is 9.53 Å². The van der Waals surface area contributed by atoms with Gasteiger partial charge in [-0.05, 0) is 36.8 Å². The number of aromatic nitrogens is 4. The van der Waals surface area contributed by atoms with Crippen LogP contribution in [0.3, 0.4) is 0 Å². The first kappa shape index (κ1) is 16.2. The third-order valence-corrected chi connectivity index (χ3v) is 4.06. The molecular formula is C17H21N5O2. The smallest absolute Gasteiger partial charge is 0.248 e. The second-order valence-electron chi connectivity index (χ2n) is 5.81. The van der Waals surface area contributed by atoms with Crippen LogP contribution in [0, 0.1) is 0 Å². The lowest BCUT2D eigenvalue weighted by atomic mass is 9.92. The molecular weight excluding hydrogens is 306 g/mol. The summed E-state index contributed by atoms with van der Waals surface area (Å²) >= 11 is 0. The van der Waals surface area contributed by atoms with Crippen molar-refractivity contribution in [1.29, 1.82) is 0 Å². The highest BCUT2D eigenvalue weighted by atomic mass is 16.5. The van der Waals surface area contributed by atoms with Crippen LogP contribution in [0.1, 0.15) is 45.2 Å². The zero-order chi connectivity index (χ0) is 17.1. The number of hydrogen-bond acceptors (Lipinski definition) is 6. The number of nitrogens with zero attached hydrogens (tertiary/aromatic N) is 4. The number of anilines is 1. The number of hydrogen-bond donors (Lipinski definition) is 1. The van der Waals surface area contributed by atoms with Gasteiger partial charge in [-0.25, -0.2) is 0 Å². The van der Waals surface area contributed by atoms with Crippen molar-refractivity contribution >= 4 is 11.7 Å². The maximum absolute atomic E-state index is 12.3. The summed E-state index contributed by atoms with van der Waals surface area (Å²) in [7, 11) is 0. The van der Waals surface area contributed by atoms with Crippen LogP contribution in [0.4, 0.5) is 5.95 Å². The van der Waals surface area contributed by atoms with Gasteiger partial charge in [-0.3, -0.25) is 4.79 Å². The summed E-state index contributed by atoms with van der Waals surface area (Å²) in [6, 6.07) is 7.34. The third kappa shape index (κ3) is 2.89. The number of Topliss-reactive ketones (excluding diaryl/α,β-unsaturated/α-hetero) is 1. The number of ketones is 1. The topological polar surface area (TPSA) is 81.9 Å². The number of ether oxygens (including phenoxy) is 1. The van der Waals surface area contributed by atoms with E-state index in [4.69, 9.17) is 4.74 Å². The Labute approximate surface area is 140 Å². The van der Waals surface area contributed by atoms with Crippen LogP contribution in [-0.4, -0.2) is 32.6 Å². The Morgan fingerprint density at radius 2 is 2.17 bits per heavy atom. The summed E-state index contributed by atoms with van der Waals surface area (Å²) in [4.78, 5) is 12.3. The fraction of sp³-hybridized carbons (Fsp3) is 0.412. The van der Waals surface area contributed by atoms with Gasteiger partial charge in [-0.2, -0.15) is 4.68 Å². The van der Waals surface area contributed by atoms with Crippen molar-refractivity contribution in [2.75, 3.05) is 11.9 Å². The van der Waals surface area contributed by atoms with Crippen LogP contribution in [-0.2, 0) is 4.79 Å². The molecule has 126 valence electrons. The Kier molecular flexibility index (Phi) is 4.59. The molecule has 1 aliphatic rings. The second-order valence-corrected chi connectivity index (χ2v) is 5.81. The molecule has 2 aromatic rings. The summed E-state index contributed by atoms with van der Waals surface area (Å²) in [5.74, 6) is 1.26. The van der Waals surface area contributed by atoms with E-state index in [9.17, 15) is 4.79 Å². The first-order valence-electron chi connectivity index (χ1n) is 8.11. The number of nitrogens with one attached hydrogen (secondary N) is 1. The van der Waals surface area contributed by atoms with Gasteiger partial charge >= 0.3 is 0 Å². The molecule has 0 radical (unpaired) electrons. The van der Waals surface area contributed by atoms with Crippen molar-refractivity contribution in [3.63, 3.8) is 0 Å². The first-order chi connectivity index (χ1) is 11.6. The minimum atomic E-state index is -0.397. The highest BCUT2D eigenvalue weighted by Crippen LogP contribution is 2.38. The molecule has 1 unspecified atom stereocenters. The maximum atomic E-state index is 12.3. The van der Waals surface area contributed by atoms with Gasteiger partial charge in [0.05, 0.1) is 6.61 Å². The summed E-state index contributed by atoms with van der Waals surface area (Å²) in [6.07, 6.45) is 2.04. The number of allylic oxidation sites excluding steroid dienone is 2. The molecule has 1 aliphatic heterocycles. The van der Waals surface area contributed by atoms with E-state index in [1.165, 1.54) is 0 Å². The number of carbonyl (C=O) groups is 1. The number of carbonyl (C=O) groups excluding carboxylic acids is 1. The molecule has 0 saturated carbocycles. The molecule has 24 heavy (non-hydrogen) atoms. The van der Waals surface area contributed by atoms with Crippen LogP contribution in [0.15, 0.2) is 35.5 Å². The van der Waals surface area contributed by atoms with Gasteiger partial charge in [0.15, 0.2) is 5.78 Å². The van der Waals surface area contributed by atoms with Crippen molar-refractivity contribution in [3.8, 4) is 5.75 Å². The Morgan fingerprint density at radius 1 is 1.38 bits per heavy atom. The maximum Gasteiger partial charge on any atom is 0.248 e. The Hall–Kier alpha value is -2.70. The van der Waals surface area contributed by atoms with Gasteiger partial charge in [-0.1, -0.05) is 36.6 Å². The van der Waals surface area contributed by atoms with E-state index < -0.39 is 6.04 Å². The Bertz CT molecular complexity index is 781. The van der Waals surface area contributed by atoms with Crippen molar-refractivity contribution in [1.82, 2.24) is 20.2 Å². The van der Waals surface area contributed by atoms with E-state index in [1.807, 2.05) is 31.2 Å². The second kappa shape index (κ2) is 6.82. The highest BCUT2D eigenvalue weighted by molar-refractivity contribution is 5.96. The molecule has 0 bridgehead atoms. The van der Waals surface area contributed by atoms with Crippen molar-refractivity contribution in [2.45, 2.75) is 39.7 Å². The van der Waals surface area contributed by atoms with E-state index >= 15 is 0 Å². The predicted octanol–water partition coefficient (Wildman–Crippen LogP) is 2.73. The monoisotopic (exact) mass is 327 g/mol. The molecule has 7 nitrogen and oxygen atoms in total. The summed E-state index contributed by atoms with van der Waals surface area (Å²) in [5.41, 5.74) is 2.28. The molecule has 2 heterocycles. The van der Waals surface area contributed by atoms with Gasteiger partial charge in [0.25, 0.3) is 0 Å². The van der Waals surface area contributed by atoms with Gasteiger partial charge in [-0.15, -0.1) is 0 Å². The molecule has 0 saturated heterocycles. The quantitative estimate of drug-likeness (QED) is 0.822. The van der Waals surface area contributed by atoms with Crippen LogP contribution in [0.2, 0.25) is 0 Å². The highest BCUT2D eigenvalue weighted by Gasteiger charge is 2.33. The molecule has 1 N–H and O–H groups in total. The van der Waals surface area contributed by atoms with Crippen molar-refractivity contribution in [3.05, 3.63) is 41.1 Å². The number of tetrazole rings is 1. The fourth-order valence-electron chi connectivity index (χ4n) is 2.92. The number of rotatable bonds is 6. The summed E-state index contributed by atoms with van der Waals surface area (Å²) < 4.78 is 7.58. The number of para-hydroxylation sites is 1. The van der Waals surface area contributed by atoms with Gasteiger partial charge in [0.1, 0.15) is 11.8 Å². The molecule has 0 fully saturated rings. The Balaban J connectivity index is 2.08. The lowest BCUT2D eigenvalue weighted by molar-refractivity contribution is -0.114. The molecule has 3 rings (SSSR count). The lowest BCUT2D eigenvalue weighted by Crippen LogP contribution is -2.28. The van der Waals surface area contributed by atoms with Gasteiger partial charge in [0.2, 0.25) is 5.95 Å². The average molecular weight is 327 g/mol. The molecule has 1 aromatic carbocycles. The number of unbranched alkanes of at least 4 members (excludes halogenated alkanes) is 1. The van der Waals surface area contributed by atoms with Crippen molar-refractivity contribution in [2.24, 2.45) is 0 Å². The first-order valence-corrected chi connectivity index (χ1v) is 8.11. The zero-order valence-corrected chi connectivity index (χ0v) is 14.1.